The molecular formula is C8H17NO5S2. The van der Waals surface area contributed by atoms with Crippen LogP contribution >= 0.6 is 24.8 Å². The summed E-state index contributed by atoms with van der Waals surface area (Å²) in [5.74, 6) is 0. The number of hydrogen-bond acceptors (Lipinski definition) is 6. The zero-order chi connectivity index (χ0) is 12.9. The van der Waals surface area contributed by atoms with Gasteiger partial charge in [-0.05, 0) is 0 Å². The molecule has 0 unspecified atom stereocenters. The highest BCUT2D eigenvalue weighted by atomic mass is 32.1. The van der Waals surface area contributed by atoms with Crippen LogP contribution in [0.15, 0.2) is 0 Å². The van der Waals surface area contributed by atoms with Crippen LogP contribution in [-0.4, -0.2) is 79.4 Å². The minimum absolute atomic E-state index is 0.0429. The fraction of sp³-hybridized carbons (Fsp3) is 0.875. The van der Waals surface area contributed by atoms with Crippen LogP contribution in [0.5, 0.6) is 0 Å². The number of nitrogens with zero attached hydrogens (tertiary/aromatic N) is 1. The molecule has 0 rings (SSSR count). The lowest BCUT2D eigenvalue weighted by Crippen LogP contribution is -2.49. The van der Waals surface area contributed by atoms with Gasteiger partial charge >= 0.3 is 0 Å². The quantitative estimate of drug-likeness (QED) is 0.236. The summed E-state index contributed by atoms with van der Waals surface area (Å²) < 4.78 is 0.225. The van der Waals surface area contributed by atoms with E-state index in [1.807, 2.05) is 0 Å². The van der Waals surface area contributed by atoms with Gasteiger partial charge in [-0.2, -0.15) is 0 Å². The normalized spacial score (nSPS) is 18.7. The van der Waals surface area contributed by atoms with Crippen LogP contribution in [0.1, 0.15) is 0 Å². The second-order valence-corrected chi connectivity index (χ2v) is 4.57. The zero-order valence-electron chi connectivity index (χ0n) is 8.76. The van der Waals surface area contributed by atoms with Crippen LogP contribution in [0.25, 0.3) is 0 Å². The first-order valence-electron chi connectivity index (χ1n) is 4.58. The molecule has 0 aliphatic heterocycles. The molecule has 5 N–H and O–H groups in total. The minimum Gasteiger partial charge on any atom is -0.394 e. The summed E-state index contributed by atoms with van der Waals surface area (Å²) >= 11 is 8.57. The number of rotatable bonds is 6. The average molecular weight is 271 g/mol. The lowest BCUT2D eigenvalue weighted by molar-refractivity contribution is -0.116. The maximum absolute atomic E-state index is 9.51. The Labute approximate surface area is 105 Å². The van der Waals surface area contributed by atoms with Crippen LogP contribution in [0.2, 0.25) is 0 Å². The largest absolute Gasteiger partial charge is 0.394 e. The van der Waals surface area contributed by atoms with Gasteiger partial charge in [0.25, 0.3) is 0 Å². The van der Waals surface area contributed by atoms with E-state index < -0.39 is 31.0 Å². The lowest BCUT2D eigenvalue weighted by Gasteiger charge is -2.28. The molecule has 0 heterocycles. The molecule has 6 nitrogen and oxygen atoms in total. The lowest BCUT2D eigenvalue weighted by atomic mass is 10.0. The maximum Gasteiger partial charge on any atom is 0.133 e. The predicted octanol–water partition coefficient (Wildman–Crippen LogP) is -2.43. The third-order valence-corrected chi connectivity index (χ3v) is 2.77. The van der Waals surface area contributed by atoms with Gasteiger partial charge in [-0.15, -0.1) is 12.6 Å². The highest BCUT2D eigenvalue weighted by Crippen LogP contribution is 2.07. The molecule has 0 saturated carbocycles. The van der Waals surface area contributed by atoms with Crippen molar-refractivity contribution < 1.29 is 25.5 Å². The Balaban J connectivity index is 4.27. The van der Waals surface area contributed by atoms with Crippen molar-refractivity contribution in [2.24, 2.45) is 0 Å². The molecule has 0 amide bonds. The zero-order valence-corrected chi connectivity index (χ0v) is 10.5. The van der Waals surface area contributed by atoms with E-state index in [0.717, 1.165) is 0 Å². The number of aliphatic hydroxyl groups is 5. The Morgan fingerprint density at radius 3 is 2.00 bits per heavy atom. The smallest absolute Gasteiger partial charge is 0.133 e. The molecule has 0 aliphatic rings. The second kappa shape index (κ2) is 7.38. The Bertz CT molecular complexity index is 230. The van der Waals surface area contributed by atoms with Crippen molar-refractivity contribution >= 4 is 29.2 Å². The molecule has 96 valence electrons. The molecule has 0 fully saturated rings. The Morgan fingerprint density at radius 1 is 1.19 bits per heavy atom. The van der Waals surface area contributed by atoms with Crippen LogP contribution in [0.3, 0.4) is 0 Å². The van der Waals surface area contributed by atoms with E-state index >= 15 is 0 Å². The number of hydrogen-bond donors (Lipinski definition) is 6. The molecule has 0 saturated heterocycles. The van der Waals surface area contributed by atoms with Gasteiger partial charge in [0.05, 0.1) is 12.7 Å². The van der Waals surface area contributed by atoms with Crippen molar-refractivity contribution in [3.8, 4) is 0 Å². The fourth-order valence-corrected chi connectivity index (χ4v) is 1.19. The van der Waals surface area contributed by atoms with Gasteiger partial charge in [0, 0.05) is 13.6 Å². The summed E-state index contributed by atoms with van der Waals surface area (Å²) in [6, 6.07) is 0. The van der Waals surface area contributed by atoms with Gasteiger partial charge in [-0.3, -0.25) is 0 Å². The van der Waals surface area contributed by atoms with E-state index in [0.29, 0.717) is 0 Å². The first-order valence-corrected chi connectivity index (χ1v) is 5.44. The van der Waals surface area contributed by atoms with Crippen molar-refractivity contribution in [1.29, 1.82) is 0 Å². The Kier molecular flexibility index (Phi) is 7.40. The summed E-state index contributed by atoms with van der Waals surface area (Å²) in [4.78, 5) is 1.39. The van der Waals surface area contributed by atoms with Gasteiger partial charge in [0.2, 0.25) is 0 Å². The summed E-state index contributed by atoms with van der Waals surface area (Å²) in [6.45, 7) is -0.746. The number of thiol groups is 1. The predicted molar refractivity (Wildman–Crippen MR) is 65.3 cm³/mol. The van der Waals surface area contributed by atoms with Crippen LogP contribution in [0, 0.1) is 0 Å². The molecule has 0 aromatic carbocycles. The van der Waals surface area contributed by atoms with Crippen LogP contribution in [-0.2, 0) is 0 Å². The van der Waals surface area contributed by atoms with Crippen LogP contribution < -0.4 is 0 Å². The van der Waals surface area contributed by atoms with E-state index in [9.17, 15) is 15.3 Å². The molecule has 0 aromatic heterocycles. The topological polar surface area (TPSA) is 104 Å². The first-order chi connectivity index (χ1) is 7.31. The fourth-order valence-electron chi connectivity index (χ4n) is 1.03. The summed E-state index contributed by atoms with van der Waals surface area (Å²) in [5, 5.41) is 45.9. The van der Waals surface area contributed by atoms with Gasteiger partial charge in [0.1, 0.15) is 22.6 Å². The minimum atomic E-state index is -1.62. The third-order valence-electron chi connectivity index (χ3n) is 2.11. The van der Waals surface area contributed by atoms with E-state index in [1.165, 1.54) is 4.90 Å². The van der Waals surface area contributed by atoms with Gasteiger partial charge in [-0.1, -0.05) is 12.2 Å². The monoisotopic (exact) mass is 271 g/mol. The standard InChI is InChI=1S/C8H17NO5S2/c1-9(8(15)16)2-4(11)6(13)7(14)5(12)3-10/h4-7,10-14H,2-3H2,1H3,(H,15,16)/t4-,5+,6+,7+/m1/s1. The molecule has 0 aliphatic carbocycles. The van der Waals surface area contributed by atoms with E-state index in [-0.39, 0.29) is 10.9 Å². The van der Waals surface area contributed by atoms with Gasteiger partial charge in [0.15, 0.2) is 0 Å². The average Bonchev–Trinajstić information content (AvgIpc) is 2.25. The first kappa shape index (κ1) is 16.0. The van der Waals surface area contributed by atoms with Crippen molar-refractivity contribution in [2.75, 3.05) is 20.2 Å². The van der Waals surface area contributed by atoms with Crippen molar-refractivity contribution in [3.63, 3.8) is 0 Å². The van der Waals surface area contributed by atoms with Gasteiger partial charge in [-0.25, -0.2) is 0 Å². The van der Waals surface area contributed by atoms with Crippen molar-refractivity contribution in [2.45, 2.75) is 24.4 Å². The molecule has 4 atom stereocenters. The molecule has 0 bridgehead atoms. The summed E-state index contributed by atoms with van der Waals surface area (Å²) in [5.41, 5.74) is 0. The number of likely N-dealkylation sites (N-methyl/N-ethyl adjacent to an activating group) is 1. The molecular weight excluding hydrogens is 254 g/mol. The molecule has 0 aromatic rings. The van der Waals surface area contributed by atoms with Crippen molar-refractivity contribution in [3.05, 3.63) is 0 Å². The maximum atomic E-state index is 9.51. The van der Waals surface area contributed by atoms with Gasteiger partial charge < -0.3 is 30.4 Å². The molecule has 8 heteroatoms. The number of aliphatic hydroxyl groups excluding tert-OH is 5. The van der Waals surface area contributed by atoms with E-state index in [2.05, 4.69) is 12.6 Å². The SMILES string of the molecule is CN(C[C@@H](O)[C@H](O)[C@@H](O)[C@@H](O)CO)C(=S)S. The molecule has 0 spiro atoms. The van der Waals surface area contributed by atoms with Crippen LogP contribution in [0.4, 0.5) is 0 Å². The highest BCUT2D eigenvalue weighted by Gasteiger charge is 2.30. The summed E-state index contributed by atoms with van der Waals surface area (Å²) in [7, 11) is 1.56. The molecule has 16 heavy (non-hydrogen) atoms. The third kappa shape index (κ3) is 4.91. The Hall–Kier alpha value is 0.0400. The van der Waals surface area contributed by atoms with E-state index in [4.69, 9.17) is 22.4 Å². The molecule has 0 radical (unpaired) electrons. The highest BCUT2D eigenvalue weighted by molar-refractivity contribution is 8.10. The van der Waals surface area contributed by atoms with Crippen molar-refractivity contribution in [1.82, 2.24) is 4.90 Å². The van der Waals surface area contributed by atoms with E-state index in [1.54, 1.807) is 7.05 Å². The second-order valence-electron chi connectivity index (χ2n) is 3.46. The Morgan fingerprint density at radius 2 is 1.62 bits per heavy atom. The summed E-state index contributed by atoms with van der Waals surface area (Å²) in [6.07, 6.45) is -6.02. The number of thiocarbonyl (C=S) groups is 1.